The molecule has 2 amide bonds. The van der Waals surface area contributed by atoms with Crippen LogP contribution in [-0.2, 0) is 14.4 Å². The summed E-state index contributed by atoms with van der Waals surface area (Å²) in [7, 11) is 0. The van der Waals surface area contributed by atoms with Gasteiger partial charge < -0.3 is 20.0 Å². The summed E-state index contributed by atoms with van der Waals surface area (Å²) in [6.45, 7) is 9.62. The number of para-hydroxylation sites is 1. The van der Waals surface area contributed by atoms with Gasteiger partial charge in [-0.2, -0.15) is 0 Å². The van der Waals surface area contributed by atoms with Crippen molar-refractivity contribution < 1.29 is 24.6 Å². The highest BCUT2D eigenvalue weighted by molar-refractivity contribution is 8.02. The van der Waals surface area contributed by atoms with E-state index < -0.39 is 34.6 Å². The van der Waals surface area contributed by atoms with Gasteiger partial charge in [-0.25, -0.2) is 0 Å². The summed E-state index contributed by atoms with van der Waals surface area (Å²) in [4.78, 5) is 44.0. The molecule has 3 aliphatic rings. The molecule has 3 heterocycles. The number of likely N-dealkylation sites (tertiary alicyclic amines) is 1. The predicted molar refractivity (Wildman–Crippen MR) is 137 cm³/mol. The Bertz CT molecular complexity index is 1040. The molecule has 7 nitrogen and oxygen atoms in total. The molecule has 3 aliphatic heterocycles. The number of aliphatic hydroxyl groups excluding tert-OH is 1. The Morgan fingerprint density at radius 3 is 2.66 bits per heavy atom. The van der Waals surface area contributed by atoms with Gasteiger partial charge in [-0.15, -0.1) is 18.3 Å². The van der Waals surface area contributed by atoms with E-state index in [0.29, 0.717) is 23.6 Å². The molecular weight excluding hydrogens is 488 g/mol. The SMILES string of the molecule is C=CCN(C(=O)C1N([C@@H](CO)[C@@H](C)CC)C(=O)[C@@H]2[C@@H](C(=O)O)[C@H]3CC(C)C12S3)c1ccccc1Cl. The lowest BCUT2D eigenvalue weighted by molar-refractivity contribution is -0.150. The smallest absolute Gasteiger partial charge is 0.308 e. The molecule has 3 unspecified atom stereocenters. The minimum atomic E-state index is -0.999. The lowest BCUT2D eigenvalue weighted by Gasteiger charge is -2.43. The molecular formula is C26H33ClN2O5S. The highest BCUT2D eigenvalue weighted by Crippen LogP contribution is 2.69. The third-order valence-corrected chi connectivity index (χ3v) is 10.7. The number of halogens is 1. The summed E-state index contributed by atoms with van der Waals surface area (Å²) in [5, 5.41) is 20.7. The maximum Gasteiger partial charge on any atom is 0.308 e. The standard InChI is InChI=1S/C26H33ClN2O5S/c1-5-11-28(17-10-8-7-9-16(17)27)24(32)22-26-15(4)12-19(35-26)20(25(33)34)21(26)23(31)29(22)18(13-30)14(3)6-2/h5,7-10,14-15,18-22,30H,1,6,11-13H2,2-4H3,(H,33,34)/t14-,15?,18-,19+,20-,21-,22?,26?/m0/s1. The Kier molecular flexibility index (Phi) is 7.28. The number of aliphatic hydroxyl groups is 1. The van der Waals surface area contributed by atoms with E-state index in [2.05, 4.69) is 6.58 Å². The summed E-state index contributed by atoms with van der Waals surface area (Å²) in [5.74, 6) is -3.45. The van der Waals surface area contributed by atoms with Gasteiger partial charge in [-0.3, -0.25) is 14.4 Å². The van der Waals surface area contributed by atoms with Crippen LogP contribution >= 0.6 is 23.4 Å². The van der Waals surface area contributed by atoms with Gasteiger partial charge in [-0.05, 0) is 30.4 Å². The quantitative estimate of drug-likeness (QED) is 0.482. The van der Waals surface area contributed by atoms with E-state index in [1.807, 2.05) is 20.8 Å². The topological polar surface area (TPSA) is 98.2 Å². The number of hydrogen-bond acceptors (Lipinski definition) is 5. The zero-order valence-corrected chi connectivity index (χ0v) is 21.8. The van der Waals surface area contributed by atoms with E-state index in [1.54, 1.807) is 30.3 Å². The zero-order valence-electron chi connectivity index (χ0n) is 20.3. The molecule has 0 aromatic heterocycles. The number of carbonyl (C=O) groups is 3. The summed E-state index contributed by atoms with van der Waals surface area (Å²) >= 11 is 7.97. The average Bonchev–Trinajstić information content (AvgIpc) is 3.42. The third kappa shape index (κ3) is 3.80. The van der Waals surface area contributed by atoms with Crippen LogP contribution < -0.4 is 4.90 Å². The van der Waals surface area contributed by atoms with Crippen LogP contribution in [0.4, 0.5) is 5.69 Å². The van der Waals surface area contributed by atoms with Gasteiger partial charge in [0.15, 0.2) is 0 Å². The molecule has 1 aromatic carbocycles. The van der Waals surface area contributed by atoms with Gasteiger partial charge in [0.1, 0.15) is 6.04 Å². The fourth-order valence-corrected chi connectivity index (χ4v) is 9.08. The van der Waals surface area contributed by atoms with Crippen molar-refractivity contribution in [1.82, 2.24) is 4.90 Å². The van der Waals surface area contributed by atoms with Crippen molar-refractivity contribution in [3.05, 3.63) is 41.9 Å². The Labute approximate surface area is 215 Å². The Balaban J connectivity index is 1.90. The molecule has 3 saturated heterocycles. The number of carboxylic acid groups (broad SMARTS) is 1. The molecule has 9 heteroatoms. The fourth-order valence-electron chi connectivity index (χ4n) is 6.45. The number of hydrogen-bond donors (Lipinski definition) is 2. The second kappa shape index (κ2) is 9.79. The number of thioether (sulfide) groups is 1. The van der Waals surface area contributed by atoms with Crippen LogP contribution in [0.1, 0.15) is 33.6 Å². The molecule has 0 aliphatic carbocycles. The monoisotopic (exact) mass is 520 g/mol. The van der Waals surface area contributed by atoms with Gasteiger partial charge in [0.25, 0.3) is 5.91 Å². The second-order valence-electron chi connectivity index (χ2n) is 9.96. The first-order valence-corrected chi connectivity index (χ1v) is 13.4. The number of carboxylic acids is 1. The molecule has 3 fully saturated rings. The zero-order chi connectivity index (χ0) is 25.7. The first-order chi connectivity index (χ1) is 16.6. The lowest BCUT2D eigenvalue weighted by Crippen LogP contribution is -2.60. The van der Waals surface area contributed by atoms with Crippen LogP contribution in [0.3, 0.4) is 0 Å². The first-order valence-electron chi connectivity index (χ1n) is 12.2. The number of amides is 2. The summed E-state index contributed by atoms with van der Waals surface area (Å²) < 4.78 is -0.885. The molecule has 2 N–H and O–H groups in total. The molecule has 0 radical (unpaired) electrons. The molecule has 0 saturated carbocycles. The highest BCUT2D eigenvalue weighted by Gasteiger charge is 2.77. The number of aliphatic carboxylic acids is 1. The summed E-state index contributed by atoms with van der Waals surface area (Å²) in [6.07, 6.45) is 2.93. The van der Waals surface area contributed by atoms with Crippen molar-refractivity contribution in [2.24, 2.45) is 23.7 Å². The molecule has 190 valence electrons. The van der Waals surface area contributed by atoms with E-state index in [-0.39, 0.29) is 42.1 Å². The van der Waals surface area contributed by atoms with Gasteiger partial charge in [0, 0.05) is 11.8 Å². The molecule has 1 spiro atoms. The highest BCUT2D eigenvalue weighted by atomic mass is 35.5. The van der Waals surface area contributed by atoms with Crippen molar-refractivity contribution in [3.8, 4) is 0 Å². The second-order valence-corrected chi connectivity index (χ2v) is 11.9. The fraction of sp³-hybridized carbons (Fsp3) is 0.577. The molecule has 2 bridgehead atoms. The van der Waals surface area contributed by atoms with Crippen LogP contribution in [0.5, 0.6) is 0 Å². The normalized spacial score (nSPS) is 32.9. The maximum absolute atomic E-state index is 14.5. The van der Waals surface area contributed by atoms with Crippen molar-refractivity contribution in [1.29, 1.82) is 0 Å². The Morgan fingerprint density at radius 2 is 2.09 bits per heavy atom. The van der Waals surface area contributed by atoms with E-state index in [0.717, 1.165) is 0 Å². The molecule has 4 rings (SSSR count). The van der Waals surface area contributed by atoms with Crippen molar-refractivity contribution in [2.45, 2.75) is 55.7 Å². The van der Waals surface area contributed by atoms with Crippen LogP contribution in [-0.4, -0.2) is 68.1 Å². The number of nitrogens with zero attached hydrogens (tertiary/aromatic N) is 2. The first kappa shape index (κ1) is 26.0. The van der Waals surface area contributed by atoms with Gasteiger partial charge >= 0.3 is 5.97 Å². The summed E-state index contributed by atoms with van der Waals surface area (Å²) in [6, 6.07) is 5.50. The number of rotatable bonds is 9. The van der Waals surface area contributed by atoms with Crippen LogP contribution in [0.25, 0.3) is 0 Å². The summed E-state index contributed by atoms with van der Waals surface area (Å²) in [5.41, 5.74) is 0.510. The largest absolute Gasteiger partial charge is 0.481 e. The number of benzene rings is 1. The minimum absolute atomic E-state index is 0.0471. The van der Waals surface area contributed by atoms with E-state index in [1.165, 1.54) is 21.6 Å². The van der Waals surface area contributed by atoms with Gasteiger partial charge in [-0.1, -0.05) is 57.0 Å². The van der Waals surface area contributed by atoms with Crippen LogP contribution in [0.15, 0.2) is 36.9 Å². The molecule has 8 atom stereocenters. The van der Waals surface area contributed by atoms with Crippen molar-refractivity contribution in [3.63, 3.8) is 0 Å². The predicted octanol–water partition coefficient (Wildman–Crippen LogP) is 3.69. The minimum Gasteiger partial charge on any atom is -0.481 e. The Morgan fingerprint density at radius 1 is 1.40 bits per heavy atom. The number of anilines is 1. The Hall–Kier alpha value is -2.03. The van der Waals surface area contributed by atoms with Crippen LogP contribution in [0, 0.1) is 23.7 Å². The van der Waals surface area contributed by atoms with E-state index >= 15 is 0 Å². The van der Waals surface area contributed by atoms with Gasteiger partial charge in [0.2, 0.25) is 5.91 Å². The van der Waals surface area contributed by atoms with E-state index in [9.17, 15) is 24.6 Å². The van der Waals surface area contributed by atoms with Gasteiger partial charge in [0.05, 0.1) is 39.9 Å². The third-order valence-electron chi connectivity index (χ3n) is 8.27. The molecule has 1 aromatic rings. The number of fused-ring (bicyclic) bond motifs is 1. The van der Waals surface area contributed by atoms with Crippen LogP contribution in [0.2, 0.25) is 5.02 Å². The maximum atomic E-state index is 14.5. The van der Waals surface area contributed by atoms with Crippen molar-refractivity contribution >= 4 is 46.8 Å². The van der Waals surface area contributed by atoms with Crippen molar-refractivity contribution in [2.75, 3.05) is 18.1 Å². The molecule has 35 heavy (non-hydrogen) atoms. The number of carbonyl (C=O) groups excluding carboxylic acids is 2. The average molecular weight is 521 g/mol. The lowest BCUT2D eigenvalue weighted by atomic mass is 9.66. The van der Waals surface area contributed by atoms with E-state index in [4.69, 9.17) is 11.6 Å².